The third-order valence-corrected chi connectivity index (χ3v) is 6.20. The molecule has 5 nitrogen and oxygen atoms in total. The normalized spacial score (nSPS) is 11.5. The Balaban J connectivity index is 1.58. The van der Waals surface area contributed by atoms with Gasteiger partial charge in [-0.05, 0) is 74.5 Å². The van der Waals surface area contributed by atoms with E-state index in [0.717, 1.165) is 17.8 Å². The van der Waals surface area contributed by atoms with Crippen LogP contribution in [0.15, 0.2) is 91.0 Å². The molecule has 0 bridgehead atoms. The second-order valence-electron chi connectivity index (χ2n) is 8.79. The van der Waals surface area contributed by atoms with E-state index < -0.39 is 23.5 Å². The Hall–Kier alpha value is -4.66. The minimum Gasteiger partial charge on any atom is -0.318 e. The second-order valence-corrected chi connectivity index (χ2v) is 8.79. The van der Waals surface area contributed by atoms with Crippen LogP contribution in [0.1, 0.15) is 27.3 Å². The number of aryl methyl sites for hydroxylation is 1. The molecule has 0 radical (unpaired) electrons. The molecule has 0 unspecified atom stereocenters. The Morgan fingerprint density at radius 3 is 2.21 bits per heavy atom. The number of hydrogen-bond acceptors (Lipinski definition) is 2. The first-order valence-electron chi connectivity index (χ1n) is 11.7. The minimum atomic E-state index is -4.46. The van der Waals surface area contributed by atoms with Gasteiger partial charge in [-0.3, -0.25) is 4.79 Å². The predicted molar refractivity (Wildman–Crippen MR) is 137 cm³/mol. The maximum absolute atomic E-state index is 13.3. The number of carbonyl (C=O) groups is 1. The highest BCUT2D eigenvalue weighted by atomic mass is 19.4. The van der Waals surface area contributed by atoms with E-state index in [9.17, 15) is 22.4 Å². The van der Waals surface area contributed by atoms with E-state index in [0.29, 0.717) is 34.1 Å². The van der Waals surface area contributed by atoms with E-state index in [1.165, 1.54) is 30.3 Å². The summed E-state index contributed by atoms with van der Waals surface area (Å²) in [6.45, 7) is 3.61. The lowest BCUT2D eigenvalue weighted by atomic mass is 10.1. The molecule has 9 heteroatoms. The van der Waals surface area contributed by atoms with Crippen LogP contribution in [0.5, 0.6) is 0 Å². The summed E-state index contributed by atoms with van der Waals surface area (Å²) < 4.78 is 56.6. The maximum Gasteiger partial charge on any atom is 0.416 e. The number of halogens is 4. The van der Waals surface area contributed by atoms with Gasteiger partial charge in [-0.25, -0.2) is 9.07 Å². The zero-order valence-electron chi connectivity index (χ0n) is 20.4. The number of hydrogen-bond donors (Lipinski definition) is 1. The van der Waals surface area contributed by atoms with Crippen molar-refractivity contribution < 1.29 is 22.4 Å². The van der Waals surface area contributed by atoms with Gasteiger partial charge in [0.05, 0.1) is 16.9 Å². The fourth-order valence-corrected chi connectivity index (χ4v) is 4.40. The van der Waals surface area contributed by atoms with Gasteiger partial charge in [-0.15, -0.1) is 0 Å². The van der Waals surface area contributed by atoms with E-state index in [1.54, 1.807) is 28.3 Å². The van der Waals surface area contributed by atoms with E-state index in [1.807, 2.05) is 43.3 Å². The largest absolute Gasteiger partial charge is 0.416 e. The van der Waals surface area contributed by atoms with Crippen LogP contribution in [0.25, 0.3) is 22.6 Å². The SMILES string of the molecule is Cc1cc(-c2cc(NC(=O)c3ccc(F)cc3)n(-c3ccccc3)n2)c(C)n1-c1cccc(C(F)(F)F)c1. The van der Waals surface area contributed by atoms with Crippen molar-refractivity contribution >= 4 is 11.7 Å². The molecule has 0 saturated carbocycles. The number of aromatic nitrogens is 3. The van der Waals surface area contributed by atoms with Crippen LogP contribution in [0, 0.1) is 19.7 Å². The summed E-state index contributed by atoms with van der Waals surface area (Å²) in [7, 11) is 0. The average molecular weight is 519 g/mol. The zero-order valence-corrected chi connectivity index (χ0v) is 20.4. The zero-order chi connectivity index (χ0) is 27.0. The first-order chi connectivity index (χ1) is 18.1. The van der Waals surface area contributed by atoms with Gasteiger partial charge < -0.3 is 9.88 Å². The van der Waals surface area contributed by atoms with Gasteiger partial charge in [0.15, 0.2) is 0 Å². The Bertz CT molecular complexity index is 1620. The molecule has 2 aromatic heterocycles. The van der Waals surface area contributed by atoms with E-state index in [-0.39, 0.29) is 5.56 Å². The molecule has 0 fully saturated rings. The molecule has 5 aromatic rings. The molecule has 1 amide bonds. The van der Waals surface area contributed by atoms with Crippen LogP contribution in [-0.2, 0) is 6.18 Å². The van der Waals surface area contributed by atoms with Crippen LogP contribution in [0.4, 0.5) is 23.4 Å². The highest BCUT2D eigenvalue weighted by Gasteiger charge is 2.31. The summed E-state index contributed by atoms with van der Waals surface area (Å²) in [4.78, 5) is 12.9. The summed E-state index contributed by atoms with van der Waals surface area (Å²) in [6.07, 6.45) is -4.46. The Morgan fingerprint density at radius 1 is 0.842 bits per heavy atom. The summed E-state index contributed by atoms with van der Waals surface area (Å²) in [5.74, 6) is -0.512. The molecule has 0 saturated heterocycles. The molecule has 5 rings (SSSR count). The highest BCUT2D eigenvalue weighted by molar-refractivity contribution is 6.04. The van der Waals surface area contributed by atoms with Gasteiger partial charge in [0.2, 0.25) is 0 Å². The summed E-state index contributed by atoms with van der Waals surface area (Å²) >= 11 is 0. The number of amides is 1. The van der Waals surface area contributed by atoms with Crippen molar-refractivity contribution in [1.29, 1.82) is 0 Å². The Kier molecular flexibility index (Phi) is 6.36. The van der Waals surface area contributed by atoms with Crippen LogP contribution in [-0.4, -0.2) is 20.3 Å². The number of para-hydroxylation sites is 1. The minimum absolute atomic E-state index is 0.275. The van der Waals surface area contributed by atoms with E-state index in [2.05, 4.69) is 5.32 Å². The Morgan fingerprint density at radius 2 is 1.53 bits per heavy atom. The van der Waals surface area contributed by atoms with E-state index >= 15 is 0 Å². The van der Waals surface area contributed by atoms with Crippen molar-refractivity contribution in [1.82, 2.24) is 14.3 Å². The van der Waals surface area contributed by atoms with Crippen LogP contribution < -0.4 is 5.32 Å². The standard InChI is InChI=1S/C29H22F4N4O/c1-18-15-25(19(2)36(18)24-10-6-7-21(16-24)29(31,32)33)26-17-27(37(35-26)23-8-4-3-5-9-23)34-28(38)20-11-13-22(30)14-12-20/h3-17H,1-2H3,(H,34,38). The van der Waals surface area contributed by atoms with E-state index in [4.69, 9.17) is 5.10 Å². The fraction of sp³-hybridized carbons (Fsp3) is 0.103. The summed E-state index contributed by atoms with van der Waals surface area (Å²) in [6, 6.07) is 23.1. The first kappa shape index (κ1) is 25.0. The number of rotatable bonds is 5. The van der Waals surface area contributed by atoms with Crippen LogP contribution in [0.2, 0.25) is 0 Å². The van der Waals surface area contributed by atoms with Gasteiger partial charge >= 0.3 is 6.18 Å². The number of nitrogens with zero attached hydrogens (tertiary/aromatic N) is 3. The number of anilines is 1. The molecule has 2 heterocycles. The van der Waals surface area contributed by atoms with Crippen molar-refractivity contribution in [2.75, 3.05) is 5.32 Å². The lowest BCUT2D eigenvalue weighted by Gasteiger charge is -2.13. The van der Waals surface area contributed by atoms with Crippen molar-refractivity contribution in [2.24, 2.45) is 0 Å². The molecule has 0 aliphatic rings. The molecule has 1 N–H and O–H groups in total. The Labute approximate surface area is 216 Å². The molecular weight excluding hydrogens is 496 g/mol. The lowest BCUT2D eigenvalue weighted by molar-refractivity contribution is -0.137. The van der Waals surface area contributed by atoms with Crippen molar-refractivity contribution in [2.45, 2.75) is 20.0 Å². The molecule has 0 aliphatic carbocycles. The van der Waals surface area contributed by atoms with Gasteiger partial charge in [-0.1, -0.05) is 24.3 Å². The van der Waals surface area contributed by atoms with Gasteiger partial charge in [0, 0.05) is 34.3 Å². The average Bonchev–Trinajstić information content (AvgIpc) is 3.44. The number of carbonyl (C=O) groups excluding carboxylic acids is 1. The summed E-state index contributed by atoms with van der Waals surface area (Å²) in [5, 5.41) is 7.56. The van der Waals surface area contributed by atoms with Gasteiger partial charge in [-0.2, -0.15) is 18.3 Å². The number of nitrogens with one attached hydrogen (secondary N) is 1. The second kappa shape index (κ2) is 9.66. The molecule has 192 valence electrons. The van der Waals surface area contributed by atoms with Crippen LogP contribution in [0.3, 0.4) is 0 Å². The third-order valence-electron chi connectivity index (χ3n) is 6.20. The van der Waals surface area contributed by atoms with Gasteiger partial charge in [0.1, 0.15) is 11.6 Å². The van der Waals surface area contributed by atoms with Crippen molar-refractivity contribution in [3.63, 3.8) is 0 Å². The van der Waals surface area contributed by atoms with Crippen molar-refractivity contribution in [3.05, 3.63) is 119 Å². The first-order valence-corrected chi connectivity index (χ1v) is 11.7. The smallest absolute Gasteiger partial charge is 0.318 e. The van der Waals surface area contributed by atoms with Gasteiger partial charge in [0.25, 0.3) is 5.91 Å². The van der Waals surface area contributed by atoms with Crippen LogP contribution >= 0.6 is 0 Å². The highest BCUT2D eigenvalue weighted by Crippen LogP contribution is 2.34. The number of benzene rings is 3. The third kappa shape index (κ3) is 4.82. The van der Waals surface area contributed by atoms with Crippen molar-refractivity contribution in [3.8, 4) is 22.6 Å². The number of alkyl halides is 3. The predicted octanol–water partition coefficient (Wildman–Crippen LogP) is 7.36. The summed E-state index contributed by atoms with van der Waals surface area (Å²) in [5.41, 5.74) is 3.26. The molecule has 0 atom stereocenters. The molecule has 0 aliphatic heterocycles. The fourth-order valence-electron chi connectivity index (χ4n) is 4.40. The monoisotopic (exact) mass is 518 g/mol. The topological polar surface area (TPSA) is 51.9 Å². The molecule has 38 heavy (non-hydrogen) atoms. The molecular formula is C29H22F4N4O. The quantitative estimate of drug-likeness (QED) is 0.247. The molecule has 0 spiro atoms. The lowest BCUT2D eigenvalue weighted by Crippen LogP contribution is -2.15. The maximum atomic E-state index is 13.3. The molecule has 3 aromatic carbocycles.